The number of benzene rings is 1. The molecule has 0 radical (unpaired) electrons. The molecule has 1 saturated heterocycles. The summed E-state index contributed by atoms with van der Waals surface area (Å²) in [6.45, 7) is 4.53. The zero-order valence-corrected chi connectivity index (χ0v) is 11.3. The van der Waals surface area contributed by atoms with Crippen LogP contribution in [-0.2, 0) is 6.42 Å². The molecule has 0 spiro atoms. The highest BCUT2D eigenvalue weighted by Gasteiger charge is 2.32. The number of hydrogen-bond acceptors (Lipinski definition) is 3. The second-order valence-electron chi connectivity index (χ2n) is 5.54. The summed E-state index contributed by atoms with van der Waals surface area (Å²) in [5.74, 6) is -0.106. The summed E-state index contributed by atoms with van der Waals surface area (Å²) in [7, 11) is 0. The van der Waals surface area contributed by atoms with Crippen LogP contribution in [0.4, 0.5) is 10.1 Å². The van der Waals surface area contributed by atoms with E-state index < -0.39 is 0 Å². The van der Waals surface area contributed by atoms with Gasteiger partial charge in [-0.25, -0.2) is 4.39 Å². The van der Waals surface area contributed by atoms with E-state index in [4.69, 9.17) is 5.73 Å². The van der Waals surface area contributed by atoms with Crippen molar-refractivity contribution in [2.45, 2.75) is 25.3 Å². The van der Waals surface area contributed by atoms with Crippen molar-refractivity contribution in [3.05, 3.63) is 29.6 Å². The third-order valence-electron chi connectivity index (χ3n) is 4.18. The Balaban J connectivity index is 1.74. The molecule has 0 unspecified atom stereocenters. The number of halogens is 1. The maximum Gasteiger partial charge on any atom is 0.146 e. The Labute approximate surface area is 114 Å². The van der Waals surface area contributed by atoms with E-state index >= 15 is 0 Å². The van der Waals surface area contributed by atoms with E-state index in [1.165, 1.54) is 12.8 Å². The highest BCUT2D eigenvalue weighted by Crippen LogP contribution is 2.30. The van der Waals surface area contributed by atoms with Crippen LogP contribution in [0.25, 0.3) is 0 Å². The fourth-order valence-corrected chi connectivity index (χ4v) is 3.02. The first-order valence-electron chi connectivity index (χ1n) is 7.26. The molecular weight excluding hydrogens is 241 g/mol. The average molecular weight is 263 g/mol. The van der Waals surface area contributed by atoms with Gasteiger partial charge in [-0.3, -0.25) is 4.90 Å². The number of anilines is 1. The molecule has 104 valence electrons. The third kappa shape index (κ3) is 2.74. The molecule has 2 N–H and O–H groups in total. The molecule has 0 aromatic heterocycles. The van der Waals surface area contributed by atoms with Crippen molar-refractivity contribution >= 4 is 5.69 Å². The normalized spacial score (nSPS) is 20.8. The lowest BCUT2D eigenvalue weighted by atomic mass is 10.1. The Hall–Kier alpha value is -1.13. The molecule has 3 rings (SSSR count). The smallest absolute Gasteiger partial charge is 0.146 e. The van der Waals surface area contributed by atoms with Crippen molar-refractivity contribution in [1.29, 1.82) is 0 Å². The molecule has 19 heavy (non-hydrogen) atoms. The fraction of sp³-hybridized carbons (Fsp3) is 0.600. The minimum atomic E-state index is -0.106. The van der Waals surface area contributed by atoms with Crippen molar-refractivity contribution < 1.29 is 4.39 Å². The lowest BCUT2D eigenvalue weighted by Crippen LogP contribution is -2.47. The SMILES string of the molecule is NCCc1cccc(F)c1N1CCN(C2CC2)CC1. The standard InChI is InChI=1S/C15H22FN3/c16-14-3-1-2-12(6-7-17)15(14)19-10-8-18(9-11-19)13-4-5-13/h1-3,13H,4-11,17H2. The van der Waals surface area contributed by atoms with Gasteiger partial charge in [-0.1, -0.05) is 12.1 Å². The first kappa shape index (κ1) is 12.9. The monoisotopic (exact) mass is 263 g/mol. The van der Waals surface area contributed by atoms with Crippen molar-refractivity contribution in [1.82, 2.24) is 4.90 Å². The van der Waals surface area contributed by atoms with Gasteiger partial charge in [0.1, 0.15) is 5.82 Å². The number of para-hydroxylation sites is 1. The lowest BCUT2D eigenvalue weighted by Gasteiger charge is -2.37. The van der Waals surface area contributed by atoms with Crippen molar-refractivity contribution in [2.75, 3.05) is 37.6 Å². The summed E-state index contributed by atoms with van der Waals surface area (Å²) >= 11 is 0. The van der Waals surface area contributed by atoms with Gasteiger partial charge < -0.3 is 10.6 Å². The second-order valence-corrected chi connectivity index (χ2v) is 5.54. The molecular formula is C15H22FN3. The molecule has 4 heteroatoms. The first-order chi connectivity index (χ1) is 9.29. The summed E-state index contributed by atoms with van der Waals surface area (Å²) in [6, 6.07) is 6.15. The molecule has 1 aliphatic carbocycles. The minimum Gasteiger partial charge on any atom is -0.366 e. The highest BCUT2D eigenvalue weighted by atomic mass is 19.1. The van der Waals surface area contributed by atoms with E-state index in [1.807, 2.05) is 6.07 Å². The Morgan fingerprint density at radius 3 is 2.53 bits per heavy atom. The maximum atomic E-state index is 14.1. The first-order valence-corrected chi connectivity index (χ1v) is 7.26. The Bertz CT molecular complexity index is 437. The van der Waals surface area contributed by atoms with Crippen LogP contribution in [-0.4, -0.2) is 43.7 Å². The van der Waals surface area contributed by atoms with E-state index in [9.17, 15) is 4.39 Å². The van der Waals surface area contributed by atoms with E-state index in [0.29, 0.717) is 6.54 Å². The molecule has 1 aromatic rings. The van der Waals surface area contributed by atoms with Gasteiger partial charge in [0.25, 0.3) is 0 Å². The number of rotatable bonds is 4. The van der Waals surface area contributed by atoms with E-state index in [2.05, 4.69) is 9.80 Å². The molecule has 1 heterocycles. The van der Waals surface area contributed by atoms with Gasteiger partial charge in [-0.2, -0.15) is 0 Å². The maximum absolute atomic E-state index is 14.1. The third-order valence-corrected chi connectivity index (χ3v) is 4.18. The zero-order chi connectivity index (χ0) is 13.2. The Morgan fingerprint density at radius 2 is 1.89 bits per heavy atom. The number of hydrogen-bond donors (Lipinski definition) is 1. The predicted octanol–water partition coefficient (Wildman–Crippen LogP) is 1.61. The van der Waals surface area contributed by atoms with Crippen molar-refractivity contribution in [3.8, 4) is 0 Å². The molecule has 3 nitrogen and oxygen atoms in total. The summed E-state index contributed by atoms with van der Waals surface area (Å²) in [4.78, 5) is 4.74. The van der Waals surface area contributed by atoms with Crippen LogP contribution in [0.3, 0.4) is 0 Å². The number of nitrogens with two attached hydrogens (primary N) is 1. The van der Waals surface area contributed by atoms with Crippen LogP contribution in [0.5, 0.6) is 0 Å². The second kappa shape index (κ2) is 5.47. The summed E-state index contributed by atoms with van der Waals surface area (Å²) < 4.78 is 14.1. The van der Waals surface area contributed by atoms with E-state index in [1.54, 1.807) is 12.1 Å². The number of piperazine rings is 1. The van der Waals surface area contributed by atoms with Crippen LogP contribution in [0.1, 0.15) is 18.4 Å². The van der Waals surface area contributed by atoms with Crippen molar-refractivity contribution in [2.24, 2.45) is 5.73 Å². The Morgan fingerprint density at radius 1 is 1.16 bits per heavy atom. The van der Waals surface area contributed by atoms with Crippen molar-refractivity contribution in [3.63, 3.8) is 0 Å². The van der Waals surface area contributed by atoms with Gasteiger partial charge >= 0.3 is 0 Å². The minimum absolute atomic E-state index is 0.106. The summed E-state index contributed by atoms with van der Waals surface area (Å²) in [6.07, 6.45) is 3.44. The fourth-order valence-electron chi connectivity index (χ4n) is 3.02. The molecule has 1 saturated carbocycles. The van der Waals surface area contributed by atoms with E-state index in [-0.39, 0.29) is 5.82 Å². The van der Waals surface area contributed by atoms with Gasteiger partial charge in [0.05, 0.1) is 5.69 Å². The van der Waals surface area contributed by atoms with Gasteiger partial charge in [-0.05, 0) is 37.4 Å². The van der Waals surface area contributed by atoms with E-state index in [0.717, 1.165) is 49.9 Å². The average Bonchev–Trinajstić information content (AvgIpc) is 3.24. The summed E-state index contributed by atoms with van der Waals surface area (Å²) in [5.41, 5.74) is 7.45. The molecule has 0 amide bonds. The predicted molar refractivity (Wildman–Crippen MR) is 76.0 cm³/mol. The largest absolute Gasteiger partial charge is 0.366 e. The Kier molecular flexibility index (Phi) is 3.71. The summed E-state index contributed by atoms with van der Waals surface area (Å²) in [5, 5.41) is 0. The molecule has 0 bridgehead atoms. The quantitative estimate of drug-likeness (QED) is 0.896. The molecule has 1 aliphatic heterocycles. The molecule has 1 aromatic carbocycles. The molecule has 0 atom stereocenters. The molecule has 2 aliphatic rings. The van der Waals surface area contributed by atoms with Crippen LogP contribution in [0, 0.1) is 5.82 Å². The van der Waals surface area contributed by atoms with Crippen LogP contribution in [0.2, 0.25) is 0 Å². The zero-order valence-electron chi connectivity index (χ0n) is 11.3. The van der Waals surface area contributed by atoms with Gasteiger partial charge in [-0.15, -0.1) is 0 Å². The van der Waals surface area contributed by atoms with Gasteiger partial charge in [0, 0.05) is 32.2 Å². The lowest BCUT2D eigenvalue weighted by molar-refractivity contribution is 0.247. The van der Waals surface area contributed by atoms with Crippen LogP contribution in [0.15, 0.2) is 18.2 Å². The van der Waals surface area contributed by atoms with Gasteiger partial charge in [0.15, 0.2) is 0 Å². The van der Waals surface area contributed by atoms with Crippen LogP contribution >= 0.6 is 0 Å². The van der Waals surface area contributed by atoms with Crippen LogP contribution < -0.4 is 10.6 Å². The van der Waals surface area contributed by atoms with Gasteiger partial charge in [0.2, 0.25) is 0 Å². The highest BCUT2D eigenvalue weighted by molar-refractivity contribution is 5.55. The topological polar surface area (TPSA) is 32.5 Å². The number of nitrogens with zero attached hydrogens (tertiary/aromatic N) is 2. The molecule has 2 fully saturated rings.